The van der Waals surface area contributed by atoms with Gasteiger partial charge >= 0.3 is 0 Å². The summed E-state index contributed by atoms with van der Waals surface area (Å²) >= 11 is 0. The van der Waals surface area contributed by atoms with E-state index in [1.807, 2.05) is 18.2 Å². The summed E-state index contributed by atoms with van der Waals surface area (Å²) in [6.45, 7) is 2.37. The maximum Gasteiger partial charge on any atom is 0.222 e. The van der Waals surface area contributed by atoms with E-state index in [1.54, 1.807) is 18.9 Å². The van der Waals surface area contributed by atoms with Crippen LogP contribution >= 0.6 is 0 Å². The molecule has 0 saturated heterocycles. The molecule has 0 saturated carbocycles. The van der Waals surface area contributed by atoms with E-state index >= 15 is 0 Å². The van der Waals surface area contributed by atoms with E-state index in [1.165, 1.54) is 5.56 Å². The van der Waals surface area contributed by atoms with Crippen molar-refractivity contribution in [3.8, 4) is 0 Å². The standard InChI is InChI=1S/C15H23NO2/c1-13(17)11-12-16(2)15(18)10-6-9-14-7-4-3-5-8-14/h3-5,7-8,13,17H,6,9-12H2,1-2H3. The summed E-state index contributed by atoms with van der Waals surface area (Å²) in [6, 6.07) is 10.2. The molecule has 18 heavy (non-hydrogen) atoms. The van der Waals surface area contributed by atoms with E-state index in [4.69, 9.17) is 5.11 Å². The Morgan fingerprint density at radius 3 is 2.61 bits per heavy atom. The largest absolute Gasteiger partial charge is 0.393 e. The maximum atomic E-state index is 11.8. The monoisotopic (exact) mass is 249 g/mol. The second-order valence-corrected chi connectivity index (χ2v) is 4.79. The van der Waals surface area contributed by atoms with E-state index in [0.29, 0.717) is 19.4 Å². The number of aliphatic hydroxyl groups is 1. The van der Waals surface area contributed by atoms with Crippen LogP contribution in [0.2, 0.25) is 0 Å². The quantitative estimate of drug-likeness (QED) is 0.805. The fourth-order valence-corrected chi connectivity index (χ4v) is 1.78. The molecular formula is C15H23NO2. The molecule has 1 aromatic rings. The van der Waals surface area contributed by atoms with Crippen molar-refractivity contribution in [1.29, 1.82) is 0 Å². The van der Waals surface area contributed by atoms with E-state index in [0.717, 1.165) is 12.8 Å². The number of aryl methyl sites for hydroxylation is 1. The minimum absolute atomic E-state index is 0.159. The first-order valence-electron chi connectivity index (χ1n) is 6.55. The van der Waals surface area contributed by atoms with Crippen molar-refractivity contribution in [2.45, 2.75) is 38.7 Å². The topological polar surface area (TPSA) is 40.5 Å². The number of carbonyl (C=O) groups is 1. The van der Waals surface area contributed by atoms with Crippen LogP contribution in [-0.4, -0.2) is 35.6 Å². The van der Waals surface area contributed by atoms with Gasteiger partial charge in [0.2, 0.25) is 5.91 Å². The summed E-state index contributed by atoms with van der Waals surface area (Å²) in [5, 5.41) is 9.17. The molecule has 0 fully saturated rings. The summed E-state index contributed by atoms with van der Waals surface area (Å²) in [6.07, 6.45) is 2.69. The average Bonchev–Trinajstić information content (AvgIpc) is 2.37. The highest BCUT2D eigenvalue weighted by molar-refractivity contribution is 5.75. The van der Waals surface area contributed by atoms with Crippen LogP contribution in [0.5, 0.6) is 0 Å². The molecule has 0 heterocycles. The highest BCUT2D eigenvalue weighted by Crippen LogP contribution is 2.06. The molecule has 0 aromatic heterocycles. The van der Waals surface area contributed by atoms with E-state index in [2.05, 4.69) is 12.1 Å². The molecule has 0 aliphatic heterocycles. The zero-order chi connectivity index (χ0) is 13.4. The number of carbonyl (C=O) groups excluding carboxylic acids is 1. The van der Waals surface area contributed by atoms with Crippen LogP contribution in [0, 0.1) is 0 Å². The summed E-state index contributed by atoms with van der Waals surface area (Å²) in [4.78, 5) is 13.5. The van der Waals surface area contributed by atoms with Crippen molar-refractivity contribution in [2.75, 3.05) is 13.6 Å². The minimum Gasteiger partial charge on any atom is -0.393 e. The lowest BCUT2D eigenvalue weighted by atomic mass is 10.1. The number of rotatable bonds is 7. The predicted octanol–water partition coefficient (Wildman–Crippen LogP) is 2.24. The molecule has 3 nitrogen and oxygen atoms in total. The Morgan fingerprint density at radius 1 is 1.33 bits per heavy atom. The third kappa shape index (κ3) is 5.82. The van der Waals surface area contributed by atoms with Crippen LogP contribution in [0.1, 0.15) is 31.7 Å². The second kappa shape index (κ2) is 7.88. The molecule has 100 valence electrons. The van der Waals surface area contributed by atoms with Crippen molar-refractivity contribution in [3.63, 3.8) is 0 Å². The Balaban J connectivity index is 2.20. The van der Waals surface area contributed by atoms with Gasteiger partial charge in [-0.2, -0.15) is 0 Å². The summed E-state index contributed by atoms with van der Waals surface area (Å²) in [5.74, 6) is 0.159. The zero-order valence-electron chi connectivity index (χ0n) is 11.3. The molecule has 3 heteroatoms. The van der Waals surface area contributed by atoms with Gasteiger partial charge in [-0.3, -0.25) is 4.79 Å². The van der Waals surface area contributed by atoms with Gasteiger partial charge in [0.05, 0.1) is 6.10 Å². The molecule has 1 rings (SSSR count). The molecule has 0 bridgehead atoms. The Morgan fingerprint density at radius 2 is 2.00 bits per heavy atom. The van der Waals surface area contributed by atoms with Crippen LogP contribution in [0.3, 0.4) is 0 Å². The lowest BCUT2D eigenvalue weighted by Gasteiger charge is -2.17. The van der Waals surface area contributed by atoms with Crippen molar-refractivity contribution in [2.24, 2.45) is 0 Å². The molecule has 0 aliphatic rings. The van der Waals surface area contributed by atoms with Gasteiger partial charge < -0.3 is 10.0 Å². The van der Waals surface area contributed by atoms with Gasteiger partial charge in [0.1, 0.15) is 0 Å². The van der Waals surface area contributed by atoms with Gasteiger partial charge in [-0.05, 0) is 31.7 Å². The second-order valence-electron chi connectivity index (χ2n) is 4.79. The number of aliphatic hydroxyl groups excluding tert-OH is 1. The third-order valence-corrected chi connectivity index (χ3v) is 3.01. The Kier molecular flexibility index (Phi) is 6.44. The maximum absolute atomic E-state index is 11.8. The van der Waals surface area contributed by atoms with Crippen molar-refractivity contribution in [1.82, 2.24) is 4.90 Å². The number of hydrogen-bond donors (Lipinski definition) is 1. The van der Waals surface area contributed by atoms with Crippen molar-refractivity contribution >= 4 is 5.91 Å². The number of amides is 1. The van der Waals surface area contributed by atoms with Crippen LogP contribution in [0.25, 0.3) is 0 Å². The van der Waals surface area contributed by atoms with Crippen LogP contribution in [-0.2, 0) is 11.2 Å². The third-order valence-electron chi connectivity index (χ3n) is 3.01. The van der Waals surface area contributed by atoms with E-state index < -0.39 is 0 Å². The lowest BCUT2D eigenvalue weighted by molar-refractivity contribution is -0.130. The van der Waals surface area contributed by atoms with Crippen LogP contribution in [0.15, 0.2) is 30.3 Å². The van der Waals surface area contributed by atoms with Gasteiger partial charge in [-0.15, -0.1) is 0 Å². The van der Waals surface area contributed by atoms with Gasteiger partial charge in [0.25, 0.3) is 0 Å². The first-order valence-corrected chi connectivity index (χ1v) is 6.55. The molecule has 1 N–H and O–H groups in total. The molecule has 1 amide bonds. The highest BCUT2D eigenvalue weighted by atomic mass is 16.3. The van der Waals surface area contributed by atoms with Gasteiger partial charge in [0, 0.05) is 20.0 Å². The van der Waals surface area contributed by atoms with Crippen molar-refractivity contribution in [3.05, 3.63) is 35.9 Å². The molecule has 0 spiro atoms. The first kappa shape index (κ1) is 14.7. The van der Waals surface area contributed by atoms with Crippen LogP contribution in [0.4, 0.5) is 0 Å². The highest BCUT2D eigenvalue weighted by Gasteiger charge is 2.09. The molecule has 1 atom stereocenters. The fraction of sp³-hybridized carbons (Fsp3) is 0.533. The molecule has 1 aromatic carbocycles. The molecule has 0 radical (unpaired) electrons. The normalized spacial score (nSPS) is 12.2. The number of hydrogen-bond acceptors (Lipinski definition) is 2. The lowest BCUT2D eigenvalue weighted by Crippen LogP contribution is -2.29. The van der Waals surface area contributed by atoms with E-state index in [-0.39, 0.29) is 12.0 Å². The van der Waals surface area contributed by atoms with Crippen LogP contribution < -0.4 is 0 Å². The fourth-order valence-electron chi connectivity index (χ4n) is 1.78. The summed E-state index contributed by atoms with van der Waals surface area (Å²) < 4.78 is 0. The molecular weight excluding hydrogens is 226 g/mol. The zero-order valence-corrected chi connectivity index (χ0v) is 11.3. The average molecular weight is 249 g/mol. The SMILES string of the molecule is CC(O)CCN(C)C(=O)CCCc1ccccc1. The first-order chi connectivity index (χ1) is 8.59. The summed E-state index contributed by atoms with van der Waals surface area (Å²) in [5.41, 5.74) is 1.27. The predicted molar refractivity (Wildman–Crippen MR) is 73.3 cm³/mol. The Hall–Kier alpha value is -1.35. The van der Waals surface area contributed by atoms with Crippen molar-refractivity contribution < 1.29 is 9.90 Å². The summed E-state index contributed by atoms with van der Waals surface area (Å²) in [7, 11) is 1.80. The molecule has 1 unspecified atom stereocenters. The van der Waals surface area contributed by atoms with Gasteiger partial charge in [-0.1, -0.05) is 30.3 Å². The minimum atomic E-state index is -0.343. The molecule has 0 aliphatic carbocycles. The smallest absolute Gasteiger partial charge is 0.222 e. The Labute approximate surface area is 109 Å². The number of benzene rings is 1. The van der Waals surface area contributed by atoms with Gasteiger partial charge in [-0.25, -0.2) is 0 Å². The van der Waals surface area contributed by atoms with E-state index in [9.17, 15) is 4.79 Å². The van der Waals surface area contributed by atoms with Gasteiger partial charge in [0.15, 0.2) is 0 Å². The Bertz CT molecular complexity index is 349. The number of nitrogens with zero attached hydrogens (tertiary/aromatic N) is 1.